The second-order valence-corrected chi connectivity index (χ2v) is 13.3. The lowest BCUT2D eigenvalue weighted by atomic mass is 9.99. The molecule has 0 spiro atoms. The van der Waals surface area contributed by atoms with Crippen molar-refractivity contribution in [3.05, 3.63) is 170 Å². The average molecular weight is 697 g/mol. The van der Waals surface area contributed by atoms with Crippen LogP contribution in [-0.2, 0) is 0 Å². The van der Waals surface area contributed by atoms with Crippen molar-refractivity contribution in [2.24, 2.45) is 0 Å². The van der Waals surface area contributed by atoms with Crippen LogP contribution in [0.25, 0.3) is 89.1 Å². The molecule has 7 nitrogen and oxygen atoms in total. The van der Waals surface area contributed by atoms with Gasteiger partial charge in [0.05, 0.1) is 0 Å². The third kappa shape index (κ3) is 5.10. The fourth-order valence-corrected chi connectivity index (χ4v) is 7.27. The first-order valence-corrected chi connectivity index (χ1v) is 17.7. The van der Waals surface area contributed by atoms with Gasteiger partial charge < -0.3 is 18.2 Å². The second-order valence-electron chi connectivity index (χ2n) is 13.3. The Kier molecular flexibility index (Phi) is 6.72. The third-order valence-corrected chi connectivity index (χ3v) is 9.98. The van der Waals surface area contributed by atoms with Crippen LogP contribution in [0.3, 0.4) is 0 Å². The van der Waals surface area contributed by atoms with Crippen LogP contribution in [0.1, 0.15) is 0 Å². The number of benzene rings is 7. The van der Waals surface area contributed by atoms with E-state index in [9.17, 15) is 0 Å². The molecule has 0 fully saturated rings. The summed E-state index contributed by atoms with van der Waals surface area (Å²) in [7, 11) is 0. The molecule has 7 aromatic carbocycles. The van der Waals surface area contributed by atoms with Crippen LogP contribution in [0.15, 0.2) is 183 Å². The number of nitrogens with zero attached hydrogens (tertiary/aromatic N) is 4. The zero-order valence-corrected chi connectivity index (χ0v) is 28.7. The molecule has 11 aromatic rings. The monoisotopic (exact) mass is 696 g/mol. The van der Waals surface area contributed by atoms with Gasteiger partial charge in [-0.3, -0.25) is 4.98 Å². The quantitative estimate of drug-likeness (QED) is 0.171. The normalized spacial score (nSPS) is 11.7. The minimum Gasteiger partial charge on any atom is -0.454 e. The number of pyridine rings is 1. The van der Waals surface area contributed by atoms with E-state index in [1.165, 1.54) is 0 Å². The zero-order chi connectivity index (χ0) is 35.6. The molecule has 11 rings (SSSR count). The molecule has 54 heavy (non-hydrogen) atoms. The van der Waals surface area contributed by atoms with Crippen molar-refractivity contribution in [2.45, 2.75) is 0 Å². The number of anilines is 3. The van der Waals surface area contributed by atoms with E-state index in [4.69, 9.17) is 23.2 Å². The fraction of sp³-hybridized carbons (Fsp3) is 0. The van der Waals surface area contributed by atoms with E-state index in [0.29, 0.717) is 11.8 Å². The van der Waals surface area contributed by atoms with E-state index >= 15 is 0 Å². The molecule has 0 saturated carbocycles. The SMILES string of the molecule is c1ccc2oc(-c3ccc(N(c4ccc(-c5nc6ccccc6o5)cc4)c4ccc5cc(-c6ccc7c(c6)oc6cccnc67)ccc5c4)cc3)nc2c1. The Morgan fingerprint density at radius 1 is 0.389 bits per heavy atom. The molecule has 0 unspecified atom stereocenters. The van der Waals surface area contributed by atoms with Crippen molar-refractivity contribution in [1.82, 2.24) is 15.0 Å². The Morgan fingerprint density at radius 2 is 0.926 bits per heavy atom. The van der Waals surface area contributed by atoms with Gasteiger partial charge in [0.1, 0.15) is 22.1 Å². The maximum absolute atomic E-state index is 6.14. The van der Waals surface area contributed by atoms with Gasteiger partial charge in [-0.15, -0.1) is 0 Å². The van der Waals surface area contributed by atoms with Gasteiger partial charge in [-0.2, -0.15) is 0 Å². The van der Waals surface area contributed by atoms with Gasteiger partial charge in [0.15, 0.2) is 16.7 Å². The topological polar surface area (TPSA) is 81.3 Å². The van der Waals surface area contributed by atoms with Crippen LogP contribution in [0.5, 0.6) is 0 Å². The van der Waals surface area contributed by atoms with Crippen molar-refractivity contribution in [3.8, 4) is 34.0 Å². The predicted octanol–water partition coefficient (Wildman–Crippen LogP) is 12.9. The molecule has 0 aliphatic heterocycles. The summed E-state index contributed by atoms with van der Waals surface area (Å²) in [5.74, 6) is 1.18. The molecule has 7 heteroatoms. The first kappa shape index (κ1) is 30.1. The van der Waals surface area contributed by atoms with Crippen molar-refractivity contribution < 1.29 is 13.3 Å². The van der Waals surface area contributed by atoms with Gasteiger partial charge in [0.2, 0.25) is 11.8 Å². The fourth-order valence-electron chi connectivity index (χ4n) is 7.27. The minimum atomic E-state index is 0.592. The molecule has 4 aromatic heterocycles. The number of fused-ring (bicyclic) bond motifs is 6. The maximum atomic E-state index is 6.14. The summed E-state index contributed by atoms with van der Waals surface area (Å²) in [5, 5.41) is 3.28. The van der Waals surface area contributed by atoms with Crippen LogP contribution in [-0.4, -0.2) is 15.0 Å². The molecule has 0 amide bonds. The molecule has 254 valence electrons. The van der Waals surface area contributed by atoms with E-state index in [1.54, 1.807) is 6.20 Å². The predicted molar refractivity (Wildman–Crippen MR) is 215 cm³/mol. The highest BCUT2D eigenvalue weighted by Crippen LogP contribution is 2.39. The number of hydrogen-bond acceptors (Lipinski definition) is 7. The summed E-state index contributed by atoms with van der Waals surface area (Å²) in [5.41, 5.74) is 12.8. The molecular formula is C47H28N4O3. The summed E-state index contributed by atoms with van der Waals surface area (Å²) >= 11 is 0. The van der Waals surface area contributed by atoms with Crippen molar-refractivity contribution in [2.75, 3.05) is 4.90 Å². The van der Waals surface area contributed by atoms with Gasteiger partial charge in [0.25, 0.3) is 0 Å². The lowest BCUT2D eigenvalue weighted by molar-refractivity contribution is 0.619. The molecule has 4 heterocycles. The smallest absolute Gasteiger partial charge is 0.227 e. The maximum Gasteiger partial charge on any atom is 0.227 e. The number of oxazole rings is 2. The Labute approximate surface area is 308 Å². The van der Waals surface area contributed by atoms with Gasteiger partial charge in [-0.1, -0.05) is 48.5 Å². The van der Waals surface area contributed by atoms with Crippen LogP contribution in [0.2, 0.25) is 0 Å². The first-order valence-electron chi connectivity index (χ1n) is 17.7. The molecule has 0 bridgehead atoms. The number of hydrogen-bond donors (Lipinski definition) is 0. The van der Waals surface area contributed by atoms with E-state index in [1.807, 2.05) is 60.7 Å². The first-order chi connectivity index (χ1) is 26.7. The lowest BCUT2D eigenvalue weighted by Crippen LogP contribution is -2.09. The largest absolute Gasteiger partial charge is 0.454 e. The number of aromatic nitrogens is 3. The van der Waals surface area contributed by atoms with Gasteiger partial charge in [-0.05, 0) is 137 Å². The molecule has 0 aliphatic rings. The molecule has 0 N–H and O–H groups in total. The Balaban J connectivity index is 0.972. The van der Waals surface area contributed by atoms with E-state index in [2.05, 4.69) is 113 Å². The lowest BCUT2D eigenvalue weighted by Gasteiger charge is -2.26. The Bertz CT molecular complexity index is 2990. The number of furan rings is 1. The number of rotatable bonds is 6. The molecule has 0 atom stereocenters. The number of para-hydroxylation sites is 4. The average Bonchev–Trinajstić information content (AvgIpc) is 3.96. The molecule has 0 saturated heterocycles. The minimum absolute atomic E-state index is 0.592. The van der Waals surface area contributed by atoms with Gasteiger partial charge >= 0.3 is 0 Å². The summed E-state index contributed by atoms with van der Waals surface area (Å²) in [6.07, 6.45) is 1.80. The van der Waals surface area contributed by atoms with E-state index < -0.39 is 0 Å². The molecule has 0 radical (unpaired) electrons. The van der Waals surface area contributed by atoms with Gasteiger partial charge in [0, 0.05) is 39.8 Å². The summed E-state index contributed by atoms with van der Waals surface area (Å²) in [6.45, 7) is 0. The van der Waals surface area contributed by atoms with Crippen molar-refractivity contribution in [3.63, 3.8) is 0 Å². The van der Waals surface area contributed by atoms with Crippen LogP contribution in [0.4, 0.5) is 17.1 Å². The van der Waals surface area contributed by atoms with Crippen molar-refractivity contribution >= 4 is 72.1 Å². The zero-order valence-electron chi connectivity index (χ0n) is 28.7. The molecule has 0 aliphatic carbocycles. The highest BCUT2D eigenvalue weighted by atomic mass is 16.4. The van der Waals surface area contributed by atoms with E-state index in [0.717, 1.165) is 94.4 Å². The van der Waals surface area contributed by atoms with Gasteiger partial charge in [-0.25, -0.2) is 9.97 Å². The van der Waals surface area contributed by atoms with Crippen LogP contribution < -0.4 is 4.90 Å². The highest BCUT2D eigenvalue weighted by molar-refractivity contribution is 6.04. The summed E-state index contributed by atoms with van der Waals surface area (Å²) in [6, 6.07) is 55.7. The van der Waals surface area contributed by atoms with Crippen molar-refractivity contribution in [1.29, 1.82) is 0 Å². The second kappa shape index (κ2) is 12.0. The Hall–Kier alpha value is -7.51. The Morgan fingerprint density at radius 3 is 1.59 bits per heavy atom. The highest BCUT2D eigenvalue weighted by Gasteiger charge is 2.17. The summed E-state index contributed by atoms with van der Waals surface area (Å²) in [4.78, 5) is 16.2. The van der Waals surface area contributed by atoms with E-state index in [-0.39, 0.29) is 0 Å². The standard InChI is InChI=1S/C47H28N4O3/c1-3-8-41-39(6-1)49-46(53-41)29-13-19-35(20-14-29)51(36-21-15-30(16-22-36)47-50-40-7-2-4-9-42(40)54-47)37-23-17-32-26-31(11-12-33(32)27-37)34-18-24-38-44(28-34)52-43-10-5-25-48-45(38)43/h1-28H. The van der Waals surface area contributed by atoms with Crippen LogP contribution in [0, 0.1) is 0 Å². The third-order valence-electron chi connectivity index (χ3n) is 9.98. The molecular weight excluding hydrogens is 669 g/mol. The van der Waals surface area contributed by atoms with Crippen LogP contribution >= 0.6 is 0 Å². The summed E-state index contributed by atoms with van der Waals surface area (Å²) < 4.78 is 18.3.